The molecule has 1 saturated carbocycles. The smallest absolute Gasteiger partial charge is 0.231 e. The summed E-state index contributed by atoms with van der Waals surface area (Å²) in [4.78, 5) is 25.9. The molecule has 1 aromatic carbocycles. The van der Waals surface area contributed by atoms with E-state index in [1.807, 2.05) is 0 Å². The minimum absolute atomic E-state index is 0.0639. The Morgan fingerprint density at radius 2 is 2.08 bits per heavy atom. The van der Waals surface area contributed by atoms with E-state index >= 15 is 0 Å². The average molecular weight is 346 g/mol. The fraction of sp³-hybridized carbons (Fsp3) is 0.375. The molecule has 1 atom stereocenters. The molecule has 1 saturated heterocycles. The highest BCUT2D eigenvalue weighted by atomic mass is 32.1. The molecule has 0 radical (unpaired) electrons. The van der Waals surface area contributed by atoms with Gasteiger partial charge in [-0.3, -0.25) is 9.59 Å². The van der Waals surface area contributed by atoms with Crippen LogP contribution in [0, 0.1) is 11.7 Å². The van der Waals surface area contributed by atoms with E-state index in [4.69, 9.17) is 0 Å². The molecular formula is C16H15FN4O2S. The second kappa shape index (κ2) is 5.94. The predicted molar refractivity (Wildman–Crippen MR) is 87.4 cm³/mol. The summed E-state index contributed by atoms with van der Waals surface area (Å²) >= 11 is 1.38. The van der Waals surface area contributed by atoms with Crippen molar-refractivity contribution >= 4 is 34.0 Å². The molecule has 0 spiro atoms. The molecule has 2 fully saturated rings. The molecule has 2 heterocycles. The summed E-state index contributed by atoms with van der Waals surface area (Å²) in [5.74, 6) is -1.04. The normalized spacial score (nSPS) is 20.5. The first-order valence-electron chi connectivity index (χ1n) is 7.81. The molecule has 1 aliphatic carbocycles. The fourth-order valence-corrected chi connectivity index (χ4v) is 3.69. The first kappa shape index (κ1) is 15.2. The molecular weight excluding hydrogens is 331 g/mol. The molecule has 1 aromatic heterocycles. The lowest BCUT2D eigenvalue weighted by molar-refractivity contribution is -0.122. The van der Waals surface area contributed by atoms with Crippen molar-refractivity contribution in [2.75, 3.05) is 16.8 Å². The van der Waals surface area contributed by atoms with Crippen LogP contribution in [0.2, 0.25) is 0 Å². The number of nitrogens with one attached hydrogen (secondary N) is 1. The largest absolute Gasteiger partial charge is 0.309 e. The summed E-state index contributed by atoms with van der Waals surface area (Å²) in [6, 6.07) is 6.08. The Labute approximate surface area is 141 Å². The maximum Gasteiger partial charge on any atom is 0.231 e. The number of hydrogen-bond donors (Lipinski definition) is 1. The monoisotopic (exact) mass is 346 g/mol. The number of para-hydroxylation sites is 1. The van der Waals surface area contributed by atoms with Crippen molar-refractivity contribution in [3.63, 3.8) is 0 Å². The Bertz CT molecular complexity index is 805. The van der Waals surface area contributed by atoms with Crippen LogP contribution in [0.1, 0.15) is 30.2 Å². The third-order valence-corrected chi connectivity index (χ3v) is 5.24. The number of nitrogens with zero attached hydrogens (tertiary/aromatic N) is 3. The lowest BCUT2D eigenvalue weighted by atomic mass is 10.1. The van der Waals surface area contributed by atoms with Crippen molar-refractivity contribution in [3.05, 3.63) is 35.1 Å². The zero-order valence-electron chi connectivity index (χ0n) is 12.7. The first-order valence-corrected chi connectivity index (χ1v) is 8.62. The van der Waals surface area contributed by atoms with Gasteiger partial charge in [-0.1, -0.05) is 23.5 Å². The quantitative estimate of drug-likeness (QED) is 0.923. The maximum atomic E-state index is 13.9. The Hall–Kier alpha value is -2.35. The van der Waals surface area contributed by atoms with Crippen LogP contribution in [-0.4, -0.2) is 28.6 Å². The molecule has 4 rings (SSSR count). The van der Waals surface area contributed by atoms with Crippen molar-refractivity contribution in [1.82, 2.24) is 10.2 Å². The zero-order valence-corrected chi connectivity index (χ0v) is 13.6. The van der Waals surface area contributed by atoms with Gasteiger partial charge in [-0.25, -0.2) is 4.39 Å². The lowest BCUT2D eigenvalue weighted by Gasteiger charge is -2.17. The van der Waals surface area contributed by atoms with Gasteiger partial charge in [-0.05, 0) is 25.0 Å². The van der Waals surface area contributed by atoms with Gasteiger partial charge in [0.05, 0.1) is 11.6 Å². The minimum Gasteiger partial charge on any atom is -0.309 e. The van der Waals surface area contributed by atoms with Crippen LogP contribution < -0.4 is 10.2 Å². The fourth-order valence-electron chi connectivity index (χ4n) is 2.77. The summed E-state index contributed by atoms with van der Waals surface area (Å²) < 4.78 is 13.9. The minimum atomic E-state index is -0.523. The topological polar surface area (TPSA) is 75.2 Å². The summed E-state index contributed by atoms with van der Waals surface area (Å²) in [7, 11) is 0. The first-order chi connectivity index (χ1) is 11.6. The van der Waals surface area contributed by atoms with E-state index in [9.17, 15) is 14.0 Å². The van der Waals surface area contributed by atoms with Crippen molar-refractivity contribution in [2.24, 2.45) is 5.92 Å². The van der Waals surface area contributed by atoms with Gasteiger partial charge in [0.25, 0.3) is 0 Å². The van der Waals surface area contributed by atoms with E-state index in [-0.39, 0.29) is 30.5 Å². The summed E-state index contributed by atoms with van der Waals surface area (Å²) in [5.41, 5.74) is 0.213. The highest BCUT2D eigenvalue weighted by molar-refractivity contribution is 7.15. The molecule has 8 heteroatoms. The molecule has 24 heavy (non-hydrogen) atoms. The third-order valence-electron chi connectivity index (χ3n) is 4.24. The Morgan fingerprint density at radius 1 is 1.29 bits per heavy atom. The Morgan fingerprint density at radius 3 is 2.83 bits per heavy atom. The van der Waals surface area contributed by atoms with E-state index < -0.39 is 11.7 Å². The van der Waals surface area contributed by atoms with Gasteiger partial charge in [0.15, 0.2) is 0 Å². The third kappa shape index (κ3) is 2.89. The molecule has 1 aliphatic heterocycles. The number of aromatic nitrogens is 2. The highest BCUT2D eigenvalue weighted by Crippen LogP contribution is 2.42. The van der Waals surface area contributed by atoms with Crippen molar-refractivity contribution in [3.8, 4) is 0 Å². The van der Waals surface area contributed by atoms with Gasteiger partial charge in [-0.15, -0.1) is 10.2 Å². The van der Waals surface area contributed by atoms with Crippen LogP contribution >= 0.6 is 11.3 Å². The summed E-state index contributed by atoms with van der Waals surface area (Å²) in [5, 5.41) is 12.2. The lowest BCUT2D eigenvalue weighted by Crippen LogP contribution is -2.28. The van der Waals surface area contributed by atoms with Crippen LogP contribution in [-0.2, 0) is 9.59 Å². The number of anilines is 2. The van der Waals surface area contributed by atoms with E-state index in [1.54, 1.807) is 18.2 Å². The Balaban J connectivity index is 1.44. The van der Waals surface area contributed by atoms with Gasteiger partial charge in [-0.2, -0.15) is 0 Å². The predicted octanol–water partition coefficient (Wildman–Crippen LogP) is 2.55. The van der Waals surface area contributed by atoms with Crippen LogP contribution in [0.15, 0.2) is 24.3 Å². The maximum absolute atomic E-state index is 13.9. The van der Waals surface area contributed by atoms with E-state index in [0.717, 1.165) is 17.8 Å². The standard InChI is InChI=1S/C16H15FN4O2S/c17-11-3-1-2-4-12(11)21-8-10(7-13(21)22)14(23)18-16-20-19-15(24-16)9-5-6-9/h1-4,9-10H,5-8H2,(H,18,20,23)/t10-/m0/s1. The van der Waals surface area contributed by atoms with Gasteiger partial charge in [0.1, 0.15) is 10.8 Å². The molecule has 1 N–H and O–H groups in total. The second-order valence-corrected chi connectivity index (χ2v) is 7.07. The van der Waals surface area contributed by atoms with E-state index in [2.05, 4.69) is 15.5 Å². The average Bonchev–Trinajstić information content (AvgIpc) is 3.19. The van der Waals surface area contributed by atoms with Gasteiger partial charge in [0.2, 0.25) is 16.9 Å². The molecule has 124 valence electrons. The zero-order chi connectivity index (χ0) is 16.7. The molecule has 0 bridgehead atoms. The van der Waals surface area contributed by atoms with Crippen molar-refractivity contribution < 1.29 is 14.0 Å². The highest BCUT2D eigenvalue weighted by Gasteiger charge is 2.36. The van der Waals surface area contributed by atoms with E-state index in [0.29, 0.717) is 11.0 Å². The van der Waals surface area contributed by atoms with Gasteiger partial charge in [0, 0.05) is 18.9 Å². The molecule has 6 nitrogen and oxygen atoms in total. The van der Waals surface area contributed by atoms with Crippen LogP contribution in [0.4, 0.5) is 15.2 Å². The molecule has 2 aliphatic rings. The second-order valence-electron chi connectivity index (χ2n) is 6.07. The number of amides is 2. The number of benzene rings is 1. The number of carbonyl (C=O) groups excluding carboxylic acids is 2. The number of halogens is 1. The van der Waals surface area contributed by atoms with Crippen molar-refractivity contribution in [2.45, 2.75) is 25.2 Å². The summed E-state index contributed by atoms with van der Waals surface area (Å²) in [6.45, 7) is 0.167. The van der Waals surface area contributed by atoms with Gasteiger partial charge >= 0.3 is 0 Å². The number of rotatable bonds is 4. The summed E-state index contributed by atoms with van der Waals surface area (Å²) in [6.07, 6.45) is 2.31. The number of hydrogen-bond acceptors (Lipinski definition) is 5. The van der Waals surface area contributed by atoms with Crippen LogP contribution in [0.25, 0.3) is 0 Å². The van der Waals surface area contributed by atoms with E-state index in [1.165, 1.54) is 22.3 Å². The van der Waals surface area contributed by atoms with Crippen LogP contribution in [0.5, 0.6) is 0 Å². The SMILES string of the molecule is O=C(Nc1nnc(C2CC2)s1)[C@H]1CC(=O)N(c2ccccc2F)C1. The molecule has 2 aromatic rings. The van der Waals surface area contributed by atoms with Crippen LogP contribution in [0.3, 0.4) is 0 Å². The Kier molecular flexibility index (Phi) is 3.76. The van der Waals surface area contributed by atoms with Crippen molar-refractivity contribution in [1.29, 1.82) is 0 Å². The molecule has 2 amide bonds. The molecule has 0 unspecified atom stereocenters. The number of carbonyl (C=O) groups is 2. The van der Waals surface area contributed by atoms with Gasteiger partial charge < -0.3 is 10.2 Å².